The summed E-state index contributed by atoms with van der Waals surface area (Å²) < 4.78 is 5.44. The van der Waals surface area contributed by atoms with E-state index in [4.69, 9.17) is 4.74 Å². The number of thioether (sulfide) groups is 1. The number of carbonyl (C=O) groups is 1. The number of aliphatic hydroxyl groups is 1. The quantitative estimate of drug-likeness (QED) is 0.598. The van der Waals surface area contributed by atoms with E-state index in [1.807, 2.05) is 37.4 Å². The molecule has 0 radical (unpaired) electrons. The van der Waals surface area contributed by atoms with E-state index < -0.39 is 0 Å². The van der Waals surface area contributed by atoms with Gasteiger partial charge in [0.15, 0.2) is 0 Å². The van der Waals surface area contributed by atoms with Gasteiger partial charge in [0.2, 0.25) is 5.91 Å². The van der Waals surface area contributed by atoms with Crippen molar-refractivity contribution in [1.29, 1.82) is 0 Å². The maximum atomic E-state index is 12.4. The first kappa shape index (κ1) is 20.2. The van der Waals surface area contributed by atoms with Gasteiger partial charge in [-0.25, -0.2) is 0 Å². The van der Waals surface area contributed by atoms with Gasteiger partial charge in [0.25, 0.3) is 0 Å². The number of amides is 1. The smallest absolute Gasteiger partial charge is 0.224 e. The average molecular weight is 358 g/mol. The standard InChI is InChI=1S/C17H27NO3S2/c1-3-21-16-6-4-14(5-7-16)12-18(17(20)8-10-22)15(13-19)9-11-23-2/h4-7,15,19,22H,3,8-13H2,1-2H3/t15-/m0/s1. The molecule has 130 valence electrons. The van der Waals surface area contributed by atoms with Crippen molar-refractivity contribution in [2.75, 3.05) is 31.0 Å². The Morgan fingerprint density at radius 3 is 2.61 bits per heavy atom. The molecule has 1 aromatic rings. The van der Waals surface area contributed by atoms with Gasteiger partial charge in [-0.1, -0.05) is 12.1 Å². The lowest BCUT2D eigenvalue weighted by Gasteiger charge is -2.31. The van der Waals surface area contributed by atoms with Crippen molar-refractivity contribution < 1.29 is 14.6 Å². The molecule has 1 rings (SSSR count). The van der Waals surface area contributed by atoms with Crippen LogP contribution in [-0.2, 0) is 11.3 Å². The molecule has 1 aromatic carbocycles. The number of thiol groups is 1. The number of benzene rings is 1. The molecule has 4 nitrogen and oxygen atoms in total. The van der Waals surface area contributed by atoms with Crippen molar-refractivity contribution in [2.24, 2.45) is 0 Å². The molecule has 1 atom stereocenters. The molecule has 0 aliphatic rings. The number of ether oxygens (including phenoxy) is 1. The minimum Gasteiger partial charge on any atom is -0.494 e. The second-order valence-corrected chi connectivity index (χ2v) is 6.62. The first-order valence-corrected chi connectivity index (χ1v) is 9.90. The summed E-state index contributed by atoms with van der Waals surface area (Å²) in [7, 11) is 0. The van der Waals surface area contributed by atoms with Crippen molar-refractivity contribution in [1.82, 2.24) is 4.90 Å². The number of hydrogen-bond donors (Lipinski definition) is 2. The van der Waals surface area contributed by atoms with Gasteiger partial charge in [-0.3, -0.25) is 4.79 Å². The van der Waals surface area contributed by atoms with E-state index in [-0.39, 0.29) is 18.6 Å². The lowest BCUT2D eigenvalue weighted by Crippen LogP contribution is -2.42. The Balaban J connectivity index is 2.83. The van der Waals surface area contributed by atoms with Gasteiger partial charge in [-0.05, 0) is 48.8 Å². The van der Waals surface area contributed by atoms with Gasteiger partial charge in [-0.2, -0.15) is 24.4 Å². The number of rotatable bonds is 11. The Kier molecular flexibility index (Phi) is 10.2. The Labute approximate surface area is 149 Å². The van der Waals surface area contributed by atoms with Crippen molar-refractivity contribution in [3.63, 3.8) is 0 Å². The molecule has 1 amide bonds. The molecule has 23 heavy (non-hydrogen) atoms. The van der Waals surface area contributed by atoms with E-state index in [1.165, 1.54) is 0 Å². The summed E-state index contributed by atoms with van der Waals surface area (Å²) in [6, 6.07) is 7.61. The predicted octanol–water partition coefficient (Wildman–Crippen LogP) is 2.85. The van der Waals surface area contributed by atoms with Gasteiger partial charge in [-0.15, -0.1) is 0 Å². The van der Waals surface area contributed by atoms with Crippen LogP contribution in [-0.4, -0.2) is 52.9 Å². The molecule has 0 spiro atoms. The van der Waals surface area contributed by atoms with E-state index in [0.717, 1.165) is 23.5 Å². The molecule has 0 fully saturated rings. The van der Waals surface area contributed by atoms with Gasteiger partial charge in [0.1, 0.15) is 5.75 Å². The average Bonchev–Trinajstić information content (AvgIpc) is 2.56. The summed E-state index contributed by atoms with van der Waals surface area (Å²) in [5.74, 6) is 2.29. The Bertz CT molecular complexity index is 454. The molecular formula is C17H27NO3S2. The van der Waals surface area contributed by atoms with Crippen LogP contribution >= 0.6 is 24.4 Å². The molecule has 0 aliphatic heterocycles. The van der Waals surface area contributed by atoms with Crippen LogP contribution < -0.4 is 4.74 Å². The second kappa shape index (κ2) is 11.6. The summed E-state index contributed by atoms with van der Waals surface area (Å²) in [6.45, 7) is 3.06. The molecule has 0 unspecified atom stereocenters. The summed E-state index contributed by atoms with van der Waals surface area (Å²) in [5.41, 5.74) is 1.03. The van der Waals surface area contributed by atoms with Gasteiger partial charge in [0.05, 0.1) is 19.3 Å². The van der Waals surface area contributed by atoms with E-state index >= 15 is 0 Å². The maximum Gasteiger partial charge on any atom is 0.224 e. The van der Waals surface area contributed by atoms with Crippen LogP contribution in [0.4, 0.5) is 0 Å². The fourth-order valence-corrected chi connectivity index (χ4v) is 3.01. The first-order valence-electron chi connectivity index (χ1n) is 7.88. The number of aliphatic hydroxyl groups excluding tert-OH is 1. The predicted molar refractivity (Wildman–Crippen MR) is 101 cm³/mol. The van der Waals surface area contributed by atoms with Crippen LogP contribution in [0.2, 0.25) is 0 Å². The summed E-state index contributed by atoms with van der Waals surface area (Å²) >= 11 is 5.88. The molecule has 0 heterocycles. The molecular weight excluding hydrogens is 330 g/mol. The van der Waals surface area contributed by atoms with Crippen molar-refractivity contribution in [3.05, 3.63) is 29.8 Å². The van der Waals surface area contributed by atoms with Crippen molar-refractivity contribution >= 4 is 30.3 Å². The monoisotopic (exact) mass is 357 g/mol. The maximum absolute atomic E-state index is 12.4. The molecule has 0 aromatic heterocycles. The van der Waals surface area contributed by atoms with E-state index in [9.17, 15) is 9.90 Å². The zero-order chi connectivity index (χ0) is 17.1. The highest BCUT2D eigenvalue weighted by molar-refractivity contribution is 7.98. The topological polar surface area (TPSA) is 49.8 Å². The third kappa shape index (κ3) is 7.06. The van der Waals surface area contributed by atoms with Gasteiger partial charge >= 0.3 is 0 Å². The van der Waals surface area contributed by atoms with Crippen molar-refractivity contribution in [2.45, 2.75) is 32.4 Å². The first-order chi connectivity index (χ1) is 11.2. The highest BCUT2D eigenvalue weighted by Gasteiger charge is 2.22. The largest absolute Gasteiger partial charge is 0.494 e. The summed E-state index contributed by atoms with van der Waals surface area (Å²) in [4.78, 5) is 14.2. The van der Waals surface area contributed by atoms with Crippen LogP contribution in [0.1, 0.15) is 25.3 Å². The SMILES string of the molecule is CCOc1ccc(CN(C(=O)CCS)[C@H](CO)CCSC)cc1. The van der Waals surface area contributed by atoms with E-state index in [2.05, 4.69) is 12.6 Å². The molecule has 0 saturated carbocycles. The molecule has 0 bridgehead atoms. The van der Waals surface area contributed by atoms with Gasteiger partial charge in [0, 0.05) is 13.0 Å². The Morgan fingerprint density at radius 2 is 2.09 bits per heavy atom. The zero-order valence-electron chi connectivity index (χ0n) is 13.9. The third-order valence-electron chi connectivity index (χ3n) is 3.54. The Hall–Kier alpha value is -0.850. The lowest BCUT2D eigenvalue weighted by molar-refractivity contribution is -0.134. The zero-order valence-corrected chi connectivity index (χ0v) is 15.6. The van der Waals surface area contributed by atoms with E-state index in [0.29, 0.717) is 25.3 Å². The summed E-state index contributed by atoms with van der Waals surface area (Å²) in [5, 5.41) is 9.69. The Morgan fingerprint density at radius 1 is 1.39 bits per heavy atom. The lowest BCUT2D eigenvalue weighted by atomic mass is 10.1. The molecule has 6 heteroatoms. The minimum atomic E-state index is -0.151. The normalized spacial score (nSPS) is 12.0. The highest BCUT2D eigenvalue weighted by atomic mass is 32.2. The number of carbonyl (C=O) groups excluding carboxylic acids is 1. The van der Waals surface area contributed by atoms with Crippen molar-refractivity contribution in [3.8, 4) is 5.75 Å². The van der Waals surface area contributed by atoms with Crippen LogP contribution in [0, 0.1) is 0 Å². The third-order valence-corrected chi connectivity index (χ3v) is 4.41. The number of nitrogens with zero attached hydrogens (tertiary/aromatic N) is 1. The van der Waals surface area contributed by atoms with E-state index in [1.54, 1.807) is 16.7 Å². The molecule has 1 N–H and O–H groups in total. The van der Waals surface area contributed by atoms with Crippen LogP contribution in [0.25, 0.3) is 0 Å². The van der Waals surface area contributed by atoms with Crippen LogP contribution in [0.5, 0.6) is 5.75 Å². The van der Waals surface area contributed by atoms with Crippen LogP contribution in [0.3, 0.4) is 0 Å². The minimum absolute atomic E-state index is 0.0180. The molecule has 0 saturated heterocycles. The highest BCUT2D eigenvalue weighted by Crippen LogP contribution is 2.17. The summed E-state index contributed by atoms with van der Waals surface area (Å²) in [6.07, 6.45) is 3.20. The second-order valence-electron chi connectivity index (χ2n) is 5.19. The van der Waals surface area contributed by atoms with Gasteiger partial charge < -0.3 is 14.7 Å². The fraction of sp³-hybridized carbons (Fsp3) is 0.588. The van der Waals surface area contributed by atoms with Crippen LogP contribution in [0.15, 0.2) is 24.3 Å². The molecule has 0 aliphatic carbocycles. The fourth-order valence-electron chi connectivity index (χ4n) is 2.31. The number of hydrogen-bond acceptors (Lipinski definition) is 5.